The summed E-state index contributed by atoms with van der Waals surface area (Å²) in [5.74, 6) is -0.468. The van der Waals surface area contributed by atoms with Crippen molar-refractivity contribution in [1.82, 2.24) is 10.3 Å². The van der Waals surface area contributed by atoms with Gasteiger partial charge in [-0.25, -0.2) is 9.98 Å². The van der Waals surface area contributed by atoms with Crippen molar-refractivity contribution in [2.45, 2.75) is 0 Å². The number of aromatic nitrogens is 1. The molecule has 0 aliphatic carbocycles. The van der Waals surface area contributed by atoms with Gasteiger partial charge in [0.05, 0.1) is 33.8 Å². The van der Waals surface area contributed by atoms with Crippen LogP contribution in [0.4, 0.5) is 0 Å². The lowest BCUT2D eigenvalue weighted by Gasteiger charge is -2.14. The smallest absolute Gasteiger partial charge is 0.278 e. The zero-order chi connectivity index (χ0) is 20.9. The second-order valence-electron chi connectivity index (χ2n) is 7.45. The zero-order valence-electron chi connectivity index (χ0n) is 16.3. The van der Waals surface area contributed by atoms with E-state index in [1.165, 1.54) is 0 Å². The van der Waals surface area contributed by atoms with Crippen LogP contribution in [0.25, 0.3) is 22.2 Å². The van der Waals surface area contributed by atoms with E-state index < -0.39 is 0 Å². The minimum atomic E-state index is -0.290. The maximum atomic E-state index is 12.7. The molecule has 0 atom stereocenters. The number of carbonyl (C=O) groups is 2. The maximum absolute atomic E-state index is 12.7. The van der Waals surface area contributed by atoms with E-state index in [0.29, 0.717) is 33.8 Å². The zero-order valence-corrected chi connectivity index (χ0v) is 16.3. The average molecular weight is 401 g/mol. The molecule has 0 saturated heterocycles. The maximum Gasteiger partial charge on any atom is 0.278 e. The van der Waals surface area contributed by atoms with Crippen molar-refractivity contribution in [2.24, 2.45) is 4.99 Å². The minimum Gasteiger partial charge on any atom is -0.321 e. The van der Waals surface area contributed by atoms with Crippen LogP contribution in [0, 0.1) is 0 Å². The lowest BCUT2D eigenvalue weighted by Crippen LogP contribution is -2.16. The summed E-state index contributed by atoms with van der Waals surface area (Å²) in [7, 11) is 0. The number of aliphatic imine (C=N–C) groups is 1. The van der Waals surface area contributed by atoms with Gasteiger partial charge in [0.2, 0.25) is 0 Å². The SMILES string of the molecule is O=C1N=C(C(=C2NC(=O)c3ccccc32)c2ccc3ccccc3n2)c2ccccc21. The molecule has 0 radical (unpaired) electrons. The third-order valence-electron chi connectivity index (χ3n) is 5.65. The Morgan fingerprint density at radius 1 is 0.677 bits per heavy atom. The molecule has 5 heteroatoms. The summed E-state index contributed by atoms with van der Waals surface area (Å²) in [4.78, 5) is 34.6. The molecule has 4 aromatic rings. The molecule has 0 spiro atoms. The van der Waals surface area contributed by atoms with Gasteiger partial charge in [0.25, 0.3) is 11.8 Å². The molecule has 3 heterocycles. The van der Waals surface area contributed by atoms with E-state index >= 15 is 0 Å². The highest BCUT2D eigenvalue weighted by atomic mass is 16.2. The molecular formula is C26H15N3O2. The molecule has 1 aromatic heterocycles. The number of para-hydroxylation sites is 1. The molecule has 1 N–H and O–H groups in total. The molecule has 5 nitrogen and oxygen atoms in total. The average Bonchev–Trinajstić information content (AvgIpc) is 3.32. The molecule has 2 aliphatic heterocycles. The van der Waals surface area contributed by atoms with Gasteiger partial charge < -0.3 is 5.32 Å². The molecular weight excluding hydrogens is 386 g/mol. The number of rotatable bonds is 2. The topological polar surface area (TPSA) is 71.4 Å². The predicted octanol–water partition coefficient (Wildman–Crippen LogP) is 4.49. The van der Waals surface area contributed by atoms with Gasteiger partial charge in [-0.3, -0.25) is 9.59 Å². The third kappa shape index (κ3) is 2.64. The number of hydrogen-bond acceptors (Lipinski definition) is 3. The number of nitrogens with one attached hydrogen (secondary N) is 1. The number of carbonyl (C=O) groups excluding carboxylic acids is 2. The Balaban J connectivity index is 1.68. The van der Waals surface area contributed by atoms with Crippen LogP contribution in [0.3, 0.4) is 0 Å². The van der Waals surface area contributed by atoms with Crippen molar-refractivity contribution in [3.05, 3.63) is 113 Å². The first-order valence-electron chi connectivity index (χ1n) is 9.95. The Morgan fingerprint density at radius 3 is 2.19 bits per heavy atom. The first-order valence-corrected chi connectivity index (χ1v) is 9.95. The van der Waals surface area contributed by atoms with Crippen LogP contribution in [0.2, 0.25) is 0 Å². The normalized spacial score (nSPS) is 16.1. The summed E-state index contributed by atoms with van der Waals surface area (Å²) in [6.07, 6.45) is 0. The number of fused-ring (bicyclic) bond motifs is 3. The fraction of sp³-hybridized carbons (Fsp3) is 0. The Kier molecular flexibility index (Phi) is 3.70. The van der Waals surface area contributed by atoms with E-state index in [1.807, 2.05) is 72.8 Å². The minimum absolute atomic E-state index is 0.179. The Labute approximate surface area is 177 Å². The van der Waals surface area contributed by atoms with Gasteiger partial charge in [0, 0.05) is 22.1 Å². The molecule has 0 bridgehead atoms. The Morgan fingerprint density at radius 2 is 1.35 bits per heavy atom. The fourth-order valence-corrected chi connectivity index (χ4v) is 4.21. The van der Waals surface area contributed by atoms with Crippen LogP contribution in [0.1, 0.15) is 37.5 Å². The Bertz CT molecular complexity index is 1500. The largest absolute Gasteiger partial charge is 0.321 e. The number of pyridine rings is 1. The van der Waals surface area contributed by atoms with E-state index in [2.05, 4.69) is 10.3 Å². The molecule has 31 heavy (non-hydrogen) atoms. The number of benzene rings is 3. The van der Waals surface area contributed by atoms with Crippen molar-refractivity contribution in [1.29, 1.82) is 0 Å². The van der Waals surface area contributed by atoms with Crippen LogP contribution in [-0.2, 0) is 0 Å². The van der Waals surface area contributed by atoms with Crippen LogP contribution < -0.4 is 5.32 Å². The highest BCUT2D eigenvalue weighted by Gasteiger charge is 2.33. The summed E-state index contributed by atoms with van der Waals surface area (Å²) >= 11 is 0. The van der Waals surface area contributed by atoms with Gasteiger partial charge >= 0.3 is 0 Å². The van der Waals surface area contributed by atoms with Gasteiger partial charge in [-0.05, 0) is 24.3 Å². The van der Waals surface area contributed by atoms with Crippen molar-refractivity contribution >= 4 is 39.7 Å². The lowest BCUT2D eigenvalue weighted by atomic mass is 9.93. The second kappa shape index (κ2) is 6.57. The van der Waals surface area contributed by atoms with Gasteiger partial charge in [-0.2, -0.15) is 0 Å². The van der Waals surface area contributed by atoms with Crippen molar-refractivity contribution in [3.63, 3.8) is 0 Å². The van der Waals surface area contributed by atoms with E-state index in [9.17, 15) is 9.59 Å². The van der Waals surface area contributed by atoms with Crippen LogP contribution in [-0.4, -0.2) is 22.5 Å². The van der Waals surface area contributed by atoms with Gasteiger partial charge in [0.1, 0.15) is 0 Å². The van der Waals surface area contributed by atoms with Crippen LogP contribution in [0.5, 0.6) is 0 Å². The monoisotopic (exact) mass is 401 g/mol. The summed E-state index contributed by atoms with van der Waals surface area (Å²) < 4.78 is 0. The van der Waals surface area contributed by atoms with Crippen molar-refractivity contribution in [3.8, 4) is 0 Å². The standard InChI is InChI=1S/C26H15N3O2/c30-25-18-10-4-2-8-16(18)23(28-25)22(21-14-13-15-7-1-6-12-20(15)27-21)24-17-9-3-5-11-19(17)26(31)29-24/h1-14H,(H,28,30). The number of allylic oxidation sites excluding steroid dienone is 1. The van der Waals surface area contributed by atoms with E-state index in [1.54, 1.807) is 12.1 Å². The first-order chi connectivity index (χ1) is 15.2. The van der Waals surface area contributed by atoms with Crippen molar-refractivity contribution in [2.75, 3.05) is 0 Å². The first kappa shape index (κ1) is 17.5. The summed E-state index contributed by atoms with van der Waals surface area (Å²) in [6, 6.07) is 26.5. The predicted molar refractivity (Wildman–Crippen MR) is 120 cm³/mol. The highest BCUT2D eigenvalue weighted by Crippen LogP contribution is 2.36. The van der Waals surface area contributed by atoms with Gasteiger partial charge in [-0.1, -0.05) is 60.7 Å². The summed E-state index contributed by atoms with van der Waals surface area (Å²) in [5, 5.41) is 4.01. The van der Waals surface area contributed by atoms with Gasteiger partial charge in [0.15, 0.2) is 0 Å². The van der Waals surface area contributed by atoms with Gasteiger partial charge in [-0.15, -0.1) is 0 Å². The van der Waals surface area contributed by atoms with E-state index in [4.69, 9.17) is 4.98 Å². The Hall–Kier alpha value is -4.38. The molecule has 146 valence electrons. The van der Waals surface area contributed by atoms with E-state index in [0.717, 1.165) is 22.0 Å². The number of hydrogen-bond donors (Lipinski definition) is 1. The second-order valence-corrected chi connectivity index (χ2v) is 7.45. The molecule has 3 aromatic carbocycles. The van der Waals surface area contributed by atoms with E-state index in [-0.39, 0.29) is 11.8 Å². The summed E-state index contributed by atoms with van der Waals surface area (Å²) in [5.41, 5.74) is 5.91. The molecule has 0 saturated carbocycles. The highest BCUT2D eigenvalue weighted by molar-refractivity contribution is 6.44. The number of nitrogens with zero attached hydrogens (tertiary/aromatic N) is 2. The molecule has 0 fully saturated rings. The summed E-state index contributed by atoms with van der Waals surface area (Å²) in [6.45, 7) is 0. The molecule has 6 rings (SSSR count). The molecule has 2 amide bonds. The molecule has 2 aliphatic rings. The van der Waals surface area contributed by atoms with Crippen LogP contribution >= 0.6 is 0 Å². The molecule has 0 unspecified atom stereocenters. The van der Waals surface area contributed by atoms with Crippen LogP contribution in [0.15, 0.2) is 89.9 Å². The number of amides is 2. The lowest BCUT2D eigenvalue weighted by molar-refractivity contribution is 0.0978. The van der Waals surface area contributed by atoms with Crippen molar-refractivity contribution < 1.29 is 9.59 Å². The third-order valence-corrected chi connectivity index (χ3v) is 5.65. The fourth-order valence-electron chi connectivity index (χ4n) is 4.21. The quantitative estimate of drug-likeness (QED) is 0.538.